The van der Waals surface area contributed by atoms with E-state index in [0.29, 0.717) is 22.5 Å². The molecule has 6 nitrogen and oxygen atoms in total. The zero-order valence-corrected chi connectivity index (χ0v) is 19.5. The van der Waals surface area contributed by atoms with Crippen LogP contribution in [0.4, 0.5) is 5.69 Å². The summed E-state index contributed by atoms with van der Waals surface area (Å²) in [7, 11) is 1.63. The van der Waals surface area contributed by atoms with Crippen molar-refractivity contribution in [3.63, 3.8) is 0 Å². The Hall–Kier alpha value is -3.29. The average Bonchev–Trinajstić information content (AvgIpc) is 3.47. The van der Waals surface area contributed by atoms with Crippen LogP contribution in [0.2, 0.25) is 5.02 Å². The molecule has 0 spiro atoms. The highest BCUT2D eigenvalue weighted by atomic mass is 35.5. The standard InChI is InChI=1S/C25H21ClN4O2S/c1-32-19-12-10-18(11-13-19)30-24(20-7-3-4-8-21(20)26)27-28-25(30)33-16-23(31)29-15-14-17-6-2-5-9-22(17)29/h2-13H,14-16H2,1H3. The largest absolute Gasteiger partial charge is 0.497 e. The van der Waals surface area contributed by atoms with Gasteiger partial charge in [-0.25, -0.2) is 0 Å². The fraction of sp³-hybridized carbons (Fsp3) is 0.160. The lowest BCUT2D eigenvalue weighted by Crippen LogP contribution is -2.30. The van der Waals surface area contributed by atoms with Crippen molar-refractivity contribution in [1.82, 2.24) is 14.8 Å². The summed E-state index contributed by atoms with van der Waals surface area (Å²) >= 11 is 7.83. The molecule has 0 saturated carbocycles. The molecule has 0 atom stereocenters. The molecule has 1 aliphatic heterocycles. The minimum absolute atomic E-state index is 0.0496. The molecule has 3 aromatic carbocycles. The first-order chi connectivity index (χ1) is 16.2. The summed E-state index contributed by atoms with van der Waals surface area (Å²) in [5.41, 5.74) is 3.83. The molecular formula is C25H21ClN4O2S. The number of carbonyl (C=O) groups is 1. The van der Waals surface area contributed by atoms with E-state index in [1.54, 1.807) is 7.11 Å². The number of aromatic nitrogens is 3. The molecule has 1 aliphatic rings. The van der Waals surface area contributed by atoms with Crippen LogP contribution in [-0.2, 0) is 11.2 Å². The highest BCUT2D eigenvalue weighted by Gasteiger charge is 2.25. The third-order valence-corrected chi connectivity index (χ3v) is 6.83. The Balaban J connectivity index is 1.46. The highest BCUT2D eigenvalue weighted by Crippen LogP contribution is 2.33. The molecule has 8 heteroatoms. The van der Waals surface area contributed by atoms with E-state index >= 15 is 0 Å². The predicted molar refractivity (Wildman–Crippen MR) is 132 cm³/mol. The van der Waals surface area contributed by atoms with Gasteiger partial charge < -0.3 is 9.64 Å². The van der Waals surface area contributed by atoms with Gasteiger partial charge >= 0.3 is 0 Å². The Bertz CT molecular complexity index is 1310. The summed E-state index contributed by atoms with van der Waals surface area (Å²) < 4.78 is 7.23. The van der Waals surface area contributed by atoms with Gasteiger partial charge in [-0.1, -0.05) is 53.7 Å². The lowest BCUT2D eigenvalue weighted by Gasteiger charge is -2.17. The van der Waals surface area contributed by atoms with Crippen LogP contribution in [0.3, 0.4) is 0 Å². The number of halogens is 1. The van der Waals surface area contributed by atoms with E-state index in [0.717, 1.165) is 29.1 Å². The van der Waals surface area contributed by atoms with E-state index < -0.39 is 0 Å². The van der Waals surface area contributed by atoms with Crippen LogP contribution in [0.15, 0.2) is 78.0 Å². The molecule has 166 valence electrons. The number of thioether (sulfide) groups is 1. The maximum absolute atomic E-state index is 13.1. The molecule has 0 unspecified atom stereocenters. The Labute approximate surface area is 201 Å². The maximum Gasteiger partial charge on any atom is 0.237 e. The van der Waals surface area contributed by atoms with Crippen molar-refractivity contribution in [1.29, 1.82) is 0 Å². The Morgan fingerprint density at radius 3 is 2.58 bits per heavy atom. The normalized spacial score (nSPS) is 12.6. The van der Waals surface area contributed by atoms with Crippen LogP contribution in [0.5, 0.6) is 5.75 Å². The van der Waals surface area contributed by atoms with Crippen molar-refractivity contribution in [2.75, 3.05) is 24.3 Å². The number of rotatable bonds is 6. The van der Waals surface area contributed by atoms with Crippen molar-refractivity contribution in [3.05, 3.63) is 83.4 Å². The van der Waals surface area contributed by atoms with Gasteiger partial charge in [-0.05, 0) is 54.4 Å². The third kappa shape index (κ3) is 4.21. The minimum atomic E-state index is 0.0496. The van der Waals surface area contributed by atoms with Gasteiger partial charge in [0.15, 0.2) is 11.0 Å². The van der Waals surface area contributed by atoms with Crippen molar-refractivity contribution in [2.24, 2.45) is 0 Å². The van der Waals surface area contributed by atoms with Gasteiger partial charge in [-0.15, -0.1) is 10.2 Å². The van der Waals surface area contributed by atoms with Crippen LogP contribution in [0.1, 0.15) is 5.56 Å². The van der Waals surface area contributed by atoms with Crippen molar-refractivity contribution in [3.8, 4) is 22.8 Å². The summed E-state index contributed by atoms with van der Waals surface area (Å²) in [6.45, 7) is 0.703. The van der Waals surface area contributed by atoms with Crippen molar-refractivity contribution >= 4 is 35.0 Å². The maximum atomic E-state index is 13.1. The van der Waals surface area contributed by atoms with Crippen molar-refractivity contribution < 1.29 is 9.53 Å². The number of hydrogen-bond acceptors (Lipinski definition) is 5. The summed E-state index contributed by atoms with van der Waals surface area (Å²) in [6.07, 6.45) is 0.880. The lowest BCUT2D eigenvalue weighted by molar-refractivity contribution is -0.116. The van der Waals surface area contributed by atoms with E-state index in [1.807, 2.05) is 76.2 Å². The zero-order chi connectivity index (χ0) is 22.8. The molecule has 0 bridgehead atoms. The van der Waals surface area contributed by atoms with Crippen LogP contribution >= 0.6 is 23.4 Å². The van der Waals surface area contributed by atoms with Crippen LogP contribution in [0, 0.1) is 0 Å². The van der Waals surface area contributed by atoms with Gasteiger partial charge in [0.1, 0.15) is 5.75 Å². The number of carbonyl (C=O) groups excluding carboxylic acids is 1. The summed E-state index contributed by atoms with van der Waals surface area (Å²) in [4.78, 5) is 14.9. The first-order valence-electron chi connectivity index (χ1n) is 10.5. The van der Waals surface area contributed by atoms with E-state index in [2.05, 4.69) is 16.3 Å². The molecule has 0 N–H and O–H groups in total. The van der Waals surface area contributed by atoms with E-state index in [4.69, 9.17) is 16.3 Å². The average molecular weight is 477 g/mol. The third-order valence-electron chi connectivity index (χ3n) is 5.59. The molecule has 0 aliphatic carbocycles. The van der Waals surface area contributed by atoms with Gasteiger partial charge in [-0.3, -0.25) is 9.36 Å². The number of methoxy groups -OCH3 is 1. The first kappa shape index (κ1) is 21.6. The number of nitrogens with zero attached hydrogens (tertiary/aromatic N) is 4. The van der Waals surface area contributed by atoms with Crippen LogP contribution < -0.4 is 9.64 Å². The molecule has 0 fully saturated rings. The smallest absolute Gasteiger partial charge is 0.237 e. The van der Waals surface area contributed by atoms with Crippen LogP contribution in [-0.4, -0.2) is 40.1 Å². The molecule has 4 aromatic rings. The molecular weight excluding hydrogens is 456 g/mol. The lowest BCUT2D eigenvalue weighted by atomic mass is 10.2. The van der Waals surface area contributed by atoms with Gasteiger partial charge in [0, 0.05) is 23.5 Å². The molecule has 33 heavy (non-hydrogen) atoms. The van der Waals surface area contributed by atoms with Crippen LogP contribution in [0.25, 0.3) is 17.1 Å². The fourth-order valence-corrected chi connectivity index (χ4v) is 4.99. The van der Waals surface area contributed by atoms with Crippen molar-refractivity contribution in [2.45, 2.75) is 11.6 Å². The molecule has 5 rings (SSSR count). The quantitative estimate of drug-likeness (QED) is 0.354. The monoisotopic (exact) mass is 476 g/mol. The Morgan fingerprint density at radius 2 is 1.79 bits per heavy atom. The second kappa shape index (κ2) is 9.29. The first-order valence-corrected chi connectivity index (χ1v) is 11.9. The Kier molecular flexibility index (Phi) is 6.07. The number of anilines is 1. The minimum Gasteiger partial charge on any atom is -0.497 e. The second-order valence-electron chi connectivity index (χ2n) is 7.53. The second-order valence-corrected chi connectivity index (χ2v) is 8.88. The summed E-state index contributed by atoms with van der Waals surface area (Å²) in [5, 5.41) is 10.0. The number of hydrogen-bond donors (Lipinski definition) is 0. The topological polar surface area (TPSA) is 60.2 Å². The fourth-order valence-electron chi connectivity index (χ4n) is 3.95. The number of benzene rings is 3. The Morgan fingerprint density at radius 1 is 1.03 bits per heavy atom. The number of para-hydroxylation sites is 1. The molecule has 1 aromatic heterocycles. The number of fused-ring (bicyclic) bond motifs is 1. The highest BCUT2D eigenvalue weighted by molar-refractivity contribution is 7.99. The van der Waals surface area contributed by atoms with Gasteiger partial charge in [0.25, 0.3) is 0 Å². The number of ether oxygens (including phenoxy) is 1. The molecule has 2 heterocycles. The van der Waals surface area contributed by atoms with E-state index in [-0.39, 0.29) is 11.7 Å². The SMILES string of the molecule is COc1ccc(-n2c(SCC(=O)N3CCc4ccccc43)nnc2-c2ccccc2Cl)cc1. The van der Waals surface area contributed by atoms with E-state index in [1.165, 1.54) is 17.3 Å². The van der Waals surface area contributed by atoms with E-state index in [9.17, 15) is 4.79 Å². The van der Waals surface area contributed by atoms with Gasteiger partial charge in [-0.2, -0.15) is 0 Å². The summed E-state index contributed by atoms with van der Waals surface area (Å²) in [6, 6.07) is 23.2. The molecule has 0 radical (unpaired) electrons. The molecule has 1 amide bonds. The predicted octanol–water partition coefficient (Wildman–Crippen LogP) is 5.28. The van der Waals surface area contributed by atoms with Gasteiger partial charge in [0.2, 0.25) is 5.91 Å². The number of amides is 1. The van der Waals surface area contributed by atoms with Gasteiger partial charge in [0.05, 0.1) is 17.9 Å². The summed E-state index contributed by atoms with van der Waals surface area (Å²) in [5.74, 6) is 1.68. The molecule has 0 saturated heterocycles. The zero-order valence-electron chi connectivity index (χ0n) is 17.9.